The summed E-state index contributed by atoms with van der Waals surface area (Å²) in [6.07, 6.45) is 3.43. The molecule has 1 aromatic carbocycles. The maximum Gasteiger partial charge on any atom is 0.251 e. The van der Waals surface area contributed by atoms with Crippen LogP contribution in [0.1, 0.15) is 29.6 Å². The number of piperidine rings is 1. The van der Waals surface area contributed by atoms with Gasteiger partial charge < -0.3 is 10.6 Å². The summed E-state index contributed by atoms with van der Waals surface area (Å²) >= 11 is 3.08. The predicted octanol–water partition coefficient (Wildman–Crippen LogP) is 2.71. The Kier molecular flexibility index (Phi) is 5.34. The molecule has 2 N–H and O–H groups in total. The molecule has 1 heterocycles. The van der Waals surface area contributed by atoms with Gasteiger partial charge in [-0.25, -0.2) is 4.39 Å². The van der Waals surface area contributed by atoms with Gasteiger partial charge in [-0.1, -0.05) is 0 Å². The molecule has 1 saturated heterocycles. The number of amides is 1. The molecule has 0 saturated carbocycles. The lowest BCUT2D eigenvalue weighted by Crippen LogP contribution is -2.33. The van der Waals surface area contributed by atoms with Gasteiger partial charge in [-0.15, -0.1) is 0 Å². The second-order valence-corrected chi connectivity index (χ2v) is 5.74. The standard InChI is InChI=1S/C14H18BrFN2O/c15-12-8-11(3-4-13(12)16)14(19)18-7-5-10-2-1-6-17-9-10/h3-4,8,10,17H,1-2,5-7,9H2,(H,18,19)/t10-/m0/s1. The number of nitrogens with one attached hydrogen (secondary N) is 2. The van der Waals surface area contributed by atoms with Crippen LogP contribution in [-0.4, -0.2) is 25.5 Å². The summed E-state index contributed by atoms with van der Waals surface area (Å²) < 4.78 is 13.4. The topological polar surface area (TPSA) is 41.1 Å². The van der Waals surface area contributed by atoms with E-state index < -0.39 is 0 Å². The lowest BCUT2D eigenvalue weighted by molar-refractivity contribution is 0.0950. The molecular weight excluding hydrogens is 311 g/mol. The fourth-order valence-corrected chi connectivity index (χ4v) is 2.68. The predicted molar refractivity (Wildman–Crippen MR) is 76.6 cm³/mol. The molecule has 0 aliphatic carbocycles. The number of benzene rings is 1. The summed E-state index contributed by atoms with van der Waals surface area (Å²) in [6, 6.07) is 4.30. The van der Waals surface area contributed by atoms with Gasteiger partial charge in [0.2, 0.25) is 0 Å². The minimum atomic E-state index is -0.357. The summed E-state index contributed by atoms with van der Waals surface area (Å²) in [7, 11) is 0. The molecule has 0 spiro atoms. The van der Waals surface area contributed by atoms with E-state index in [1.54, 1.807) is 0 Å². The van der Waals surface area contributed by atoms with Crippen molar-refractivity contribution in [3.05, 3.63) is 34.1 Å². The number of carbonyl (C=O) groups is 1. The zero-order valence-electron chi connectivity index (χ0n) is 10.7. The third kappa shape index (κ3) is 4.28. The van der Waals surface area contributed by atoms with E-state index in [4.69, 9.17) is 0 Å². The molecule has 1 fully saturated rings. The highest BCUT2D eigenvalue weighted by molar-refractivity contribution is 9.10. The molecule has 0 unspecified atom stereocenters. The van der Waals surface area contributed by atoms with Crippen molar-refractivity contribution in [3.63, 3.8) is 0 Å². The number of halogens is 2. The quantitative estimate of drug-likeness (QED) is 0.892. The second kappa shape index (κ2) is 7.01. The summed E-state index contributed by atoms with van der Waals surface area (Å²) in [5, 5.41) is 6.24. The van der Waals surface area contributed by atoms with E-state index in [2.05, 4.69) is 26.6 Å². The van der Waals surface area contributed by atoms with Gasteiger partial charge in [0.25, 0.3) is 5.91 Å². The molecule has 3 nitrogen and oxygen atoms in total. The molecule has 2 rings (SSSR count). The Bertz CT molecular complexity index is 447. The van der Waals surface area contributed by atoms with Crippen molar-refractivity contribution in [2.75, 3.05) is 19.6 Å². The number of carbonyl (C=O) groups excluding carboxylic acids is 1. The maximum atomic E-state index is 13.1. The van der Waals surface area contributed by atoms with Crippen LogP contribution in [0.2, 0.25) is 0 Å². The van der Waals surface area contributed by atoms with E-state index in [-0.39, 0.29) is 11.7 Å². The molecule has 1 aliphatic heterocycles. The van der Waals surface area contributed by atoms with Gasteiger partial charge in [-0.2, -0.15) is 0 Å². The third-order valence-electron chi connectivity index (χ3n) is 3.42. The highest BCUT2D eigenvalue weighted by Crippen LogP contribution is 2.17. The monoisotopic (exact) mass is 328 g/mol. The van der Waals surface area contributed by atoms with Crippen LogP contribution in [0.4, 0.5) is 4.39 Å². The first-order valence-electron chi connectivity index (χ1n) is 6.61. The number of hydrogen-bond acceptors (Lipinski definition) is 2. The molecule has 1 amide bonds. The van der Waals surface area contributed by atoms with Crippen LogP contribution < -0.4 is 10.6 Å². The fourth-order valence-electron chi connectivity index (χ4n) is 2.30. The van der Waals surface area contributed by atoms with Crippen molar-refractivity contribution in [2.45, 2.75) is 19.3 Å². The molecule has 5 heteroatoms. The van der Waals surface area contributed by atoms with Crippen LogP contribution in [0.15, 0.2) is 22.7 Å². The van der Waals surface area contributed by atoms with Crippen molar-refractivity contribution in [2.24, 2.45) is 5.92 Å². The lowest BCUT2D eigenvalue weighted by atomic mass is 9.96. The Balaban J connectivity index is 1.78. The van der Waals surface area contributed by atoms with Gasteiger partial charge in [0.15, 0.2) is 0 Å². The fraction of sp³-hybridized carbons (Fsp3) is 0.500. The lowest BCUT2D eigenvalue weighted by Gasteiger charge is -2.22. The highest BCUT2D eigenvalue weighted by atomic mass is 79.9. The van der Waals surface area contributed by atoms with E-state index in [9.17, 15) is 9.18 Å². The van der Waals surface area contributed by atoms with Gasteiger partial charge in [0.05, 0.1) is 4.47 Å². The summed E-state index contributed by atoms with van der Waals surface area (Å²) in [5.41, 5.74) is 0.482. The summed E-state index contributed by atoms with van der Waals surface area (Å²) in [6.45, 7) is 2.81. The van der Waals surface area contributed by atoms with Crippen LogP contribution in [0.25, 0.3) is 0 Å². The van der Waals surface area contributed by atoms with Gasteiger partial charge in [-0.3, -0.25) is 4.79 Å². The molecule has 0 radical (unpaired) electrons. The van der Waals surface area contributed by atoms with Crippen LogP contribution in [-0.2, 0) is 0 Å². The first-order valence-corrected chi connectivity index (χ1v) is 7.40. The van der Waals surface area contributed by atoms with Crippen molar-refractivity contribution in [1.82, 2.24) is 10.6 Å². The van der Waals surface area contributed by atoms with Gasteiger partial charge >= 0.3 is 0 Å². The van der Waals surface area contributed by atoms with Crippen molar-refractivity contribution < 1.29 is 9.18 Å². The first-order chi connectivity index (χ1) is 9.16. The average molecular weight is 329 g/mol. The van der Waals surface area contributed by atoms with E-state index in [0.29, 0.717) is 22.5 Å². The minimum Gasteiger partial charge on any atom is -0.352 e. The Morgan fingerprint density at radius 1 is 1.53 bits per heavy atom. The van der Waals surface area contributed by atoms with E-state index in [1.807, 2.05) is 0 Å². The van der Waals surface area contributed by atoms with Crippen molar-refractivity contribution >= 4 is 21.8 Å². The summed E-state index contributed by atoms with van der Waals surface area (Å²) in [5.74, 6) is 0.142. The minimum absolute atomic E-state index is 0.149. The van der Waals surface area contributed by atoms with Gasteiger partial charge in [0.1, 0.15) is 5.82 Å². The number of rotatable bonds is 4. The smallest absolute Gasteiger partial charge is 0.251 e. The molecular formula is C14H18BrFN2O. The summed E-state index contributed by atoms with van der Waals surface area (Å²) in [4.78, 5) is 11.9. The Morgan fingerprint density at radius 2 is 2.37 bits per heavy atom. The molecule has 104 valence electrons. The van der Waals surface area contributed by atoms with Gasteiger partial charge in [-0.05, 0) is 72.4 Å². The zero-order chi connectivity index (χ0) is 13.7. The van der Waals surface area contributed by atoms with Crippen LogP contribution in [0, 0.1) is 11.7 Å². The Morgan fingerprint density at radius 3 is 3.05 bits per heavy atom. The van der Waals surface area contributed by atoms with Gasteiger partial charge in [0, 0.05) is 12.1 Å². The Labute approximate surface area is 121 Å². The SMILES string of the molecule is O=C(NCC[C@@H]1CCCNC1)c1ccc(F)c(Br)c1. The first kappa shape index (κ1) is 14.5. The van der Waals surface area contributed by atoms with E-state index >= 15 is 0 Å². The zero-order valence-corrected chi connectivity index (χ0v) is 12.3. The molecule has 1 aliphatic rings. The molecule has 0 aromatic heterocycles. The van der Waals surface area contributed by atoms with E-state index in [1.165, 1.54) is 31.0 Å². The second-order valence-electron chi connectivity index (χ2n) is 4.89. The van der Waals surface area contributed by atoms with Crippen LogP contribution in [0.3, 0.4) is 0 Å². The Hall–Kier alpha value is -0.940. The van der Waals surface area contributed by atoms with E-state index in [0.717, 1.165) is 19.5 Å². The average Bonchev–Trinajstić information content (AvgIpc) is 2.43. The maximum absolute atomic E-state index is 13.1. The molecule has 0 bridgehead atoms. The molecule has 1 atom stereocenters. The molecule has 1 aromatic rings. The van der Waals surface area contributed by atoms with Crippen LogP contribution in [0.5, 0.6) is 0 Å². The normalized spacial score (nSPS) is 19.2. The third-order valence-corrected chi connectivity index (χ3v) is 4.03. The van der Waals surface area contributed by atoms with Crippen molar-refractivity contribution in [1.29, 1.82) is 0 Å². The largest absolute Gasteiger partial charge is 0.352 e. The number of hydrogen-bond donors (Lipinski definition) is 2. The molecule has 19 heavy (non-hydrogen) atoms. The van der Waals surface area contributed by atoms with Crippen LogP contribution >= 0.6 is 15.9 Å². The van der Waals surface area contributed by atoms with Crippen molar-refractivity contribution in [3.8, 4) is 0 Å². The highest BCUT2D eigenvalue weighted by Gasteiger charge is 2.13.